The number of nitrogens with zero attached hydrogens (tertiary/aromatic N) is 1. The van der Waals surface area contributed by atoms with E-state index in [0.29, 0.717) is 25.3 Å². The molecule has 31 heavy (non-hydrogen) atoms. The van der Waals surface area contributed by atoms with Crippen LogP contribution in [0.25, 0.3) is 0 Å². The molecule has 1 N–H and O–H groups in total. The highest BCUT2D eigenvalue weighted by Crippen LogP contribution is 2.19. The Kier molecular flexibility index (Phi) is 10.4. The summed E-state index contributed by atoms with van der Waals surface area (Å²) in [5.74, 6) is 1.08. The Bertz CT molecular complexity index is 828. The normalized spacial score (nSPS) is 11.6. The molecule has 2 aromatic carbocycles. The Morgan fingerprint density at radius 2 is 1.71 bits per heavy atom. The van der Waals surface area contributed by atoms with E-state index >= 15 is 0 Å². The standard InChI is InChI=1S/C24H31FN2O3S/c1-4-14-26-24(29)22(5-2)27(15-18-8-12-21(30-3)13-9-18)23(28)17-31-16-19-6-10-20(25)11-7-19/h6-13,22H,4-5,14-17H2,1-3H3,(H,26,29)/t22-/m0/s1. The maximum Gasteiger partial charge on any atom is 0.242 e. The molecule has 7 heteroatoms. The molecule has 2 aromatic rings. The van der Waals surface area contributed by atoms with Crippen LogP contribution in [0.5, 0.6) is 5.75 Å². The van der Waals surface area contributed by atoms with Gasteiger partial charge < -0.3 is 15.0 Å². The zero-order chi connectivity index (χ0) is 22.6. The van der Waals surface area contributed by atoms with E-state index in [1.54, 1.807) is 24.1 Å². The van der Waals surface area contributed by atoms with Gasteiger partial charge in [-0.2, -0.15) is 0 Å². The summed E-state index contributed by atoms with van der Waals surface area (Å²) in [6, 6.07) is 13.2. The monoisotopic (exact) mass is 446 g/mol. The molecule has 0 aliphatic heterocycles. The van der Waals surface area contributed by atoms with Crippen LogP contribution in [0.15, 0.2) is 48.5 Å². The fourth-order valence-electron chi connectivity index (χ4n) is 3.13. The number of methoxy groups -OCH3 is 1. The van der Waals surface area contributed by atoms with Gasteiger partial charge >= 0.3 is 0 Å². The molecule has 0 aromatic heterocycles. The summed E-state index contributed by atoms with van der Waals surface area (Å²) in [6.07, 6.45) is 1.36. The molecule has 1 atom stereocenters. The lowest BCUT2D eigenvalue weighted by Crippen LogP contribution is -2.49. The van der Waals surface area contributed by atoms with Gasteiger partial charge in [-0.15, -0.1) is 11.8 Å². The molecule has 0 radical (unpaired) electrons. The quantitative estimate of drug-likeness (QED) is 0.525. The second-order valence-electron chi connectivity index (χ2n) is 7.20. The van der Waals surface area contributed by atoms with Crippen LogP contribution >= 0.6 is 11.8 Å². The summed E-state index contributed by atoms with van der Waals surface area (Å²) in [6.45, 7) is 4.83. The number of halogens is 1. The van der Waals surface area contributed by atoms with Crippen LogP contribution in [-0.4, -0.2) is 42.2 Å². The van der Waals surface area contributed by atoms with Crippen molar-refractivity contribution in [1.82, 2.24) is 10.2 Å². The molecule has 168 valence electrons. The van der Waals surface area contributed by atoms with Crippen molar-refractivity contribution in [3.63, 3.8) is 0 Å². The van der Waals surface area contributed by atoms with E-state index in [-0.39, 0.29) is 23.4 Å². The number of hydrogen-bond donors (Lipinski definition) is 1. The molecule has 0 fully saturated rings. The van der Waals surface area contributed by atoms with Gasteiger partial charge in [0.05, 0.1) is 12.9 Å². The summed E-state index contributed by atoms with van der Waals surface area (Å²) in [7, 11) is 1.61. The van der Waals surface area contributed by atoms with E-state index < -0.39 is 6.04 Å². The first-order valence-electron chi connectivity index (χ1n) is 10.5. The summed E-state index contributed by atoms with van der Waals surface area (Å²) in [5.41, 5.74) is 1.88. The molecule has 2 amide bonds. The highest BCUT2D eigenvalue weighted by Gasteiger charge is 2.28. The topological polar surface area (TPSA) is 58.6 Å². The number of benzene rings is 2. The summed E-state index contributed by atoms with van der Waals surface area (Å²) >= 11 is 1.46. The fourth-order valence-corrected chi connectivity index (χ4v) is 4.00. The molecule has 0 spiro atoms. The molecule has 0 bridgehead atoms. The summed E-state index contributed by atoms with van der Waals surface area (Å²) < 4.78 is 18.3. The molecule has 5 nitrogen and oxygen atoms in total. The summed E-state index contributed by atoms with van der Waals surface area (Å²) in [4.78, 5) is 27.5. The minimum Gasteiger partial charge on any atom is -0.497 e. The maximum absolute atomic E-state index is 13.1. The van der Waals surface area contributed by atoms with Crippen molar-refractivity contribution >= 4 is 23.6 Å². The smallest absolute Gasteiger partial charge is 0.242 e. The van der Waals surface area contributed by atoms with Crippen LogP contribution in [-0.2, 0) is 21.9 Å². The number of nitrogens with one attached hydrogen (secondary N) is 1. The predicted octanol–water partition coefficient (Wildman–Crippen LogP) is 4.40. The van der Waals surface area contributed by atoms with Crippen LogP contribution in [0, 0.1) is 5.82 Å². The van der Waals surface area contributed by atoms with Crippen molar-refractivity contribution in [2.45, 2.75) is 45.0 Å². The third kappa shape index (κ3) is 7.90. The Balaban J connectivity index is 2.10. The number of rotatable bonds is 12. The fraction of sp³-hybridized carbons (Fsp3) is 0.417. The second kappa shape index (κ2) is 13.0. The number of carbonyl (C=O) groups excluding carboxylic acids is 2. The van der Waals surface area contributed by atoms with E-state index in [0.717, 1.165) is 23.3 Å². The van der Waals surface area contributed by atoms with Crippen LogP contribution in [0.2, 0.25) is 0 Å². The van der Waals surface area contributed by atoms with E-state index in [2.05, 4.69) is 5.32 Å². The molecule has 2 rings (SSSR count). The number of amides is 2. The molecule has 0 aliphatic carbocycles. The van der Waals surface area contributed by atoms with Crippen molar-refractivity contribution in [3.05, 3.63) is 65.5 Å². The zero-order valence-corrected chi connectivity index (χ0v) is 19.2. The maximum atomic E-state index is 13.1. The minimum atomic E-state index is -0.535. The van der Waals surface area contributed by atoms with E-state index in [9.17, 15) is 14.0 Å². The van der Waals surface area contributed by atoms with Crippen molar-refractivity contribution in [2.24, 2.45) is 0 Å². The number of carbonyl (C=O) groups is 2. The molecular weight excluding hydrogens is 415 g/mol. The van der Waals surface area contributed by atoms with Gasteiger partial charge in [-0.25, -0.2) is 4.39 Å². The lowest BCUT2D eigenvalue weighted by Gasteiger charge is -2.30. The molecular formula is C24H31FN2O3S. The average Bonchev–Trinajstić information content (AvgIpc) is 2.79. The number of hydrogen-bond acceptors (Lipinski definition) is 4. The summed E-state index contributed by atoms with van der Waals surface area (Å²) in [5, 5.41) is 2.91. The van der Waals surface area contributed by atoms with Gasteiger partial charge in [0.25, 0.3) is 0 Å². The number of ether oxygens (including phenoxy) is 1. The molecule has 0 aliphatic rings. The van der Waals surface area contributed by atoms with Crippen molar-refractivity contribution in [1.29, 1.82) is 0 Å². The SMILES string of the molecule is CCCNC(=O)[C@H](CC)N(Cc1ccc(OC)cc1)C(=O)CSCc1ccc(F)cc1. The van der Waals surface area contributed by atoms with Crippen molar-refractivity contribution in [3.8, 4) is 5.75 Å². The molecule has 0 unspecified atom stereocenters. The van der Waals surface area contributed by atoms with Crippen molar-refractivity contribution in [2.75, 3.05) is 19.4 Å². The third-order valence-corrected chi connectivity index (χ3v) is 5.84. The first kappa shape index (κ1) is 24.7. The number of thioether (sulfide) groups is 1. The second-order valence-corrected chi connectivity index (χ2v) is 8.19. The van der Waals surface area contributed by atoms with Crippen LogP contribution < -0.4 is 10.1 Å². The first-order valence-corrected chi connectivity index (χ1v) is 11.7. The van der Waals surface area contributed by atoms with Gasteiger partial charge in [-0.1, -0.05) is 38.1 Å². The Morgan fingerprint density at radius 1 is 1.06 bits per heavy atom. The van der Waals surface area contributed by atoms with E-state index in [1.165, 1.54) is 23.9 Å². The van der Waals surface area contributed by atoms with E-state index in [1.807, 2.05) is 38.1 Å². The Labute approximate surface area is 188 Å². The minimum absolute atomic E-state index is 0.0959. The van der Waals surface area contributed by atoms with Crippen LogP contribution in [0.4, 0.5) is 4.39 Å². The lowest BCUT2D eigenvalue weighted by molar-refractivity contribution is -0.139. The van der Waals surface area contributed by atoms with Gasteiger partial charge in [0.15, 0.2) is 0 Å². The average molecular weight is 447 g/mol. The highest BCUT2D eigenvalue weighted by molar-refractivity contribution is 7.99. The Morgan fingerprint density at radius 3 is 2.29 bits per heavy atom. The Hall–Kier alpha value is -2.54. The van der Waals surface area contributed by atoms with E-state index in [4.69, 9.17) is 4.74 Å². The van der Waals surface area contributed by atoms with Gasteiger partial charge in [0, 0.05) is 18.8 Å². The molecule has 0 saturated heterocycles. The molecule has 0 heterocycles. The first-order chi connectivity index (χ1) is 15.0. The van der Waals surface area contributed by atoms with Crippen molar-refractivity contribution < 1.29 is 18.7 Å². The lowest BCUT2D eigenvalue weighted by atomic mass is 10.1. The zero-order valence-electron chi connectivity index (χ0n) is 18.4. The van der Waals surface area contributed by atoms with Gasteiger partial charge in [0.1, 0.15) is 17.6 Å². The predicted molar refractivity (Wildman–Crippen MR) is 123 cm³/mol. The van der Waals surface area contributed by atoms with Gasteiger partial charge in [0.2, 0.25) is 11.8 Å². The van der Waals surface area contributed by atoms with Gasteiger partial charge in [-0.05, 0) is 48.2 Å². The van der Waals surface area contributed by atoms with Gasteiger partial charge in [-0.3, -0.25) is 9.59 Å². The largest absolute Gasteiger partial charge is 0.497 e. The van der Waals surface area contributed by atoms with Crippen LogP contribution in [0.3, 0.4) is 0 Å². The highest BCUT2D eigenvalue weighted by atomic mass is 32.2. The van der Waals surface area contributed by atoms with Crippen LogP contribution in [0.1, 0.15) is 37.8 Å². The molecule has 0 saturated carbocycles. The third-order valence-electron chi connectivity index (χ3n) is 4.85.